The first kappa shape index (κ1) is 9.93. The number of carbonyl (C=O) groups excluding carboxylic acids is 1. The SMILES string of the molecule is CC1COCCN1C(=O)CNC1CC1. The summed E-state index contributed by atoms with van der Waals surface area (Å²) in [5, 5.41) is 3.24. The van der Waals surface area contributed by atoms with E-state index in [1.807, 2.05) is 11.8 Å². The molecule has 0 bridgehead atoms. The molecule has 0 aromatic carbocycles. The van der Waals surface area contributed by atoms with Crippen LogP contribution in [0.25, 0.3) is 0 Å². The van der Waals surface area contributed by atoms with Crippen LogP contribution < -0.4 is 5.32 Å². The maximum Gasteiger partial charge on any atom is 0.236 e. The summed E-state index contributed by atoms with van der Waals surface area (Å²) in [5.41, 5.74) is 0. The van der Waals surface area contributed by atoms with E-state index in [4.69, 9.17) is 4.74 Å². The first-order chi connectivity index (χ1) is 6.77. The molecule has 1 aliphatic heterocycles. The lowest BCUT2D eigenvalue weighted by Crippen LogP contribution is -2.50. The Hall–Kier alpha value is -0.610. The van der Waals surface area contributed by atoms with Crippen molar-refractivity contribution in [3.8, 4) is 0 Å². The van der Waals surface area contributed by atoms with Crippen LogP contribution in [0.1, 0.15) is 19.8 Å². The maximum atomic E-state index is 11.7. The third-order valence-electron chi connectivity index (χ3n) is 2.81. The van der Waals surface area contributed by atoms with Crippen molar-refractivity contribution in [2.75, 3.05) is 26.3 Å². The Morgan fingerprint density at radius 3 is 3.00 bits per heavy atom. The molecule has 1 N–H and O–H groups in total. The van der Waals surface area contributed by atoms with Crippen molar-refractivity contribution in [3.63, 3.8) is 0 Å². The van der Waals surface area contributed by atoms with Gasteiger partial charge >= 0.3 is 0 Å². The highest BCUT2D eigenvalue weighted by molar-refractivity contribution is 5.78. The van der Waals surface area contributed by atoms with E-state index in [-0.39, 0.29) is 11.9 Å². The van der Waals surface area contributed by atoms with Gasteiger partial charge in [-0.1, -0.05) is 0 Å². The van der Waals surface area contributed by atoms with Gasteiger partial charge in [0.15, 0.2) is 0 Å². The van der Waals surface area contributed by atoms with Crippen molar-refractivity contribution in [1.29, 1.82) is 0 Å². The topological polar surface area (TPSA) is 41.6 Å². The van der Waals surface area contributed by atoms with Crippen LogP contribution in [0.15, 0.2) is 0 Å². The minimum atomic E-state index is 0.215. The lowest BCUT2D eigenvalue weighted by atomic mass is 10.2. The fraction of sp³-hybridized carbons (Fsp3) is 0.900. The molecule has 2 aliphatic rings. The summed E-state index contributed by atoms with van der Waals surface area (Å²) in [6.45, 7) is 4.63. The van der Waals surface area contributed by atoms with E-state index in [0.717, 1.165) is 6.54 Å². The summed E-state index contributed by atoms with van der Waals surface area (Å²) >= 11 is 0. The molecule has 2 fully saturated rings. The van der Waals surface area contributed by atoms with Crippen LogP contribution in [0, 0.1) is 0 Å². The highest BCUT2D eigenvalue weighted by Crippen LogP contribution is 2.18. The van der Waals surface area contributed by atoms with Crippen molar-refractivity contribution in [1.82, 2.24) is 10.2 Å². The summed E-state index contributed by atoms with van der Waals surface area (Å²) < 4.78 is 5.29. The molecule has 1 atom stereocenters. The summed E-state index contributed by atoms with van der Waals surface area (Å²) in [6, 6.07) is 0.840. The van der Waals surface area contributed by atoms with Gasteiger partial charge in [-0.15, -0.1) is 0 Å². The minimum absolute atomic E-state index is 0.215. The molecule has 4 nitrogen and oxygen atoms in total. The highest BCUT2D eigenvalue weighted by atomic mass is 16.5. The molecule has 1 unspecified atom stereocenters. The van der Waals surface area contributed by atoms with Crippen LogP contribution in [0.3, 0.4) is 0 Å². The van der Waals surface area contributed by atoms with Gasteiger partial charge in [-0.2, -0.15) is 0 Å². The van der Waals surface area contributed by atoms with Gasteiger partial charge in [-0.3, -0.25) is 4.79 Å². The lowest BCUT2D eigenvalue weighted by Gasteiger charge is -2.33. The molecule has 0 aromatic rings. The van der Waals surface area contributed by atoms with E-state index in [1.165, 1.54) is 12.8 Å². The van der Waals surface area contributed by atoms with E-state index in [0.29, 0.717) is 25.8 Å². The molecule has 1 heterocycles. The predicted molar refractivity (Wildman–Crippen MR) is 53.0 cm³/mol. The largest absolute Gasteiger partial charge is 0.377 e. The Labute approximate surface area is 84.6 Å². The quantitative estimate of drug-likeness (QED) is 0.693. The van der Waals surface area contributed by atoms with Crippen LogP contribution >= 0.6 is 0 Å². The van der Waals surface area contributed by atoms with Crippen LogP contribution in [-0.4, -0.2) is 49.2 Å². The number of amides is 1. The number of nitrogens with one attached hydrogen (secondary N) is 1. The van der Waals surface area contributed by atoms with Crippen LogP contribution in [-0.2, 0) is 9.53 Å². The van der Waals surface area contributed by atoms with E-state index >= 15 is 0 Å². The number of hydrogen-bond acceptors (Lipinski definition) is 3. The van der Waals surface area contributed by atoms with Crippen molar-refractivity contribution < 1.29 is 9.53 Å². The molecule has 0 aromatic heterocycles. The fourth-order valence-corrected chi connectivity index (χ4v) is 1.72. The summed E-state index contributed by atoms with van der Waals surface area (Å²) in [6.07, 6.45) is 2.46. The average molecular weight is 198 g/mol. The summed E-state index contributed by atoms with van der Waals surface area (Å²) in [4.78, 5) is 13.7. The first-order valence-electron chi connectivity index (χ1n) is 5.38. The van der Waals surface area contributed by atoms with E-state index in [9.17, 15) is 4.79 Å². The van der Waals surface area contributed by atoms with Gasteiger partial charge in [-0.25, -0.2) is 0 Å². The second kappa shape index (κ2) is 4.28. The summed E-state index contributed by atoms with van der Waals surface area (Å²) in [7, 11) is 0. The van der Waals surface area contributed by atoms with E-state index in [1.54, 1.807) is 0 Å². The maximum absolute atomic E-state index is 11.7. The van der Waals surface area contributed by atoms with Gasteiger partial charge in [0.05, 0.1) is 25.8 Å². The minimum Gasteiger partial charge on any atom is -0.377 e. The molecule has 2 rings (SSSR count). The fourth-order valence-electron chi connectivity index (χ4n) is 1.72. The Balaban J connectivity index is 1.76. The van der Waals surface area contributed by atoms with Crippen molar-refractivity contribution >= 4 is 5.91 Å². The summed E-state index contributed by atoms with van der Waals surface area (Å²) in [5.74, 6) is 0.215. The molecule has 1 saturated heterocycles. The van der Waals surface area contributed by atoms with Gasteiger partial charge in [0, 0.05) is 12.6 Å². The zero-order valence-electron chi connectivity index (χ0n) is 8.66. The molecular weight excluding hydrogens is 180 g/mol. The zero-order valence-corrected chi connectivity index (χ0v) is 8.66. The Bertz CT molecular complexity index is 216. The normalized spacial score (nSPS) is 27.8. The third kappa shape index (κ3) is 2.45. The standard InChI is InChI=1S/C10H18N2O2/c1-8-7-14-5-4-12(8)10(13)6-11-9-2-3-9/h8-9,11H,2-7H2,1H3. The number of hydrogen-bond donors (Lipinski definition) is 1. The first-order valence-corrected chi connectivity index (χ1v) is 5.38. The van der Waals surface area contributed by atoms with E-state index in [2.05, 4.69) is 5.32 Å². The molecular formula is C10H18N2O2. The number of rotatable bonds is 3. The van der Waals surface area contributed by atoms with Crippen molar-refractivity contribution in [2.24, 2.45) is 0 Å². The molecule has 80 valence electrons. The number of ether oxygens (including phenoxy) is 1. The molecule has 14 heavy (non-hydrogen) atoms. The van der Waals surface area contributed by atoms with Crippen molar-refractivity contribution in [2.45, 2.75) is 31.8 Å². The number of carbonyl (C=O) groups is 1. The Morgan fingerprint density at radius 1 is 1.57 bits per heavy atom. The van der Waals surface area contributed by atoms with Crippen LogP contribution in [0.5, 0.6) is 0 Å². The predicted octanol–water partition coefficient (Wildman–Crippen LogP) is -0.0143. The van der Waals surface area contributed by atoms with Crippen LogP contribution in [0.4, 0.5) is 0 Å². The molecule has 1 amide bonds. The molecule has 0 spiro atoms. The zero-order chi connectivity index (χ0) is 9.97. The molecule has 1 aliphatic carbocycles. The molecule has 1 saturated carbocycles. The number of nitrogens with zero attached hydrogens (tertiary/aromatic N) is 1. The average Bonchev–Trinajstić information content (AvgIpc) is 2.98. The molecule has 4 heteroatoms. The van der Waals surface area contributed by atoms with Crippen LogP contribution in [0.2, 0.25) is 0 Å². The van der Waals surface area contributed by atoms with Gasteiger partial charge in [-0.05, 0) is 19.8 Å². The van der Waals surface area contributed by atoms with E-state index < -0.39 is 0 Å². The lowest BCUT2D eigenvalue weighted by molar-refractivity contribution is -0.138. The van der Waals surface area contributed by atoms with Crippen molar-refractivity contribution in [3.05, 3.63) is 0 Å². The van der Waals surface area contributed by atoms with Gasteiger partial charge in [0.25, 0.3) is 0 Å². The Kier molecular flexibility index (Phi) is 3.03. The second-order valence-electron chi connectivity index (χ2n) is 4.17. The smallest absolute Gasteiger partial charge is 0.236 e. The molecule has 0 radical (unpaired) electrons. The van der Waals surface area contributed by atoms with Gasteiger partial charge in [0.2, 0.25) is 5.91 Å². The van der Waals surface area contributed by atoms with Gasteiger partial charge < -0.3 is 15.0 Å². The number of morpholine rings is 1. The highest BCUT2D eigenvalue weighted by Gasteiger charge is 2.26. The monoisotopic (exact) mass is 198 g/mol. The second-order valence-corrected chi connectivity index (χ2v) is 4.17. The third-order valence-corrected chi connectivity index (χ3v) is 2.81. The Morgan fingerprint density at radius 2 is 2.36 bits per heavy atom. The van der Waals surface area contributed by atoms with Gasteiger partial charge in [0.1, 0.15) is 0 Å².